The summed E-state index contributed by atoms with van der Waals surface area (Å²) in [5, 5.41) is 14.4. The number of ether oxygens (including phenoxy) is 1. The molecular formula is C20H28N2O6. The zero-order chi connectivity index (χ0) is 21.1. The summed E-state index contributed by atoms with van der Waals surface area (Å²) >= 11 is 0. The summed E-state index contributed by atoms with van der Waals surface area (Å²) in [5.41, 5.74) is 0.944. The molecule has 0 saturated carbocycles. The van der Waals surface area contributed by atoms with Crippen LogP contribution in [0.15, 0.2) is 30.3 Å². The van der Waals surface area contributed by atoms with Crippen molar-refractivity contribution in [3.05, 3.63) is 35.9 Å². The van der Waals surface area contributed by atoms with Crippen molar-refractivity contribution in [3.8, 4) is 0 Å². The van der Waals surface area contributed by atoms with Gasteiger partial charge in [-0.3, -0.25) is 14.4 Å². The van der Waals surface area contributed by atoms with Crippen LogP contribution in [0.25, 0.3) is 0 Å². The zero-order valence-electron chi connectivity index (χ0n) is 16.4. The Balaban J connectivity index is 2.46. The molecule has 0 unspecified atom stereocenters. The zero-order valence-corrected chi connectivity index (χ0v) is 16.4. The largest absolute Gasteiger partial charge is 0.480 e. The van der Waals surface area contributed by atoms with Crippen molar-refractivity contribution in [1.29, 1.82) is 0 Å². The third-order valence-corrected chi connectivity index (χ3v) is 4.17. The quantitative estimate of drug-likeness (QED) is 0.494. The molecule has 0 saturated heterocycles. The fourth-order valence-electron chi connectivity index (χ4n) is 2.59. The van der Waals surface area contributed by atoms with Gasteiger partial charge in [-0.25, -0.2) is 4.79 Å². The number of rotatable bonds is 11. The summed E-state index contributed by atoms with van der Waals surface area (Å²) in [7, 11) is 0. The standard InChI is InChI=1S/C20H28N2O6/c1-4-28-20(27)13(2)12-16(19(25)26)22-18(24)11-10-17(23)21-14(3)15-8-6-5-7-9-15/h5-9,13-14,16H,4,10-12H2,1-3H3,(H,21,23)(H,22,24)(H,25,26)/t13-,14+,16+/m0/s1. The van der Waals surface area contributed by atoms with Gasteiger partial charge < -0.3 is 20.5 Å². The van der Waals surface area contributed by atoms with Gasteiger partial charge in [-0.15, -0.1) is 0 Å². The lowest BCUT2D eigenvalue weighted by Gasteiger charge is -2.18. The summed E-state index contributed by atoms with van der Waals surface area (Å²) < 4.78 is 4.84. The van der Waals surface area contributed by atoms with Crippen molar-refractivity contribution in [2.24, 2.45) is 5.92 Å². The molecule has 0 bridgehead atoms. The second kappa shape index (κ2) is 11.7. The van der Waals surface area contributed by atoms with Gasteiger partial charge in [-0.1, -0.05) is 37.3 Å². The molecule has 0 heterocycles. The molecule has 154 valence electrons. The van der Waals surface area contributed by atoms with Gasteiger partial charge in [0.2, 0.25) is 11.8 Å². The van der Waals surface area contributed by atoms with Crippen LogP contribution in [0.2, 0.25) is 0 Å². The first-order valence-electron chi connectivity index (χ1n) is 9.27. The number of carboxylic acid groups (broad SMARTS) is 1. The van der Waals surface area contributed by atoms with Crippen LogP contribution in [0.5, 0.6) is 0 Å². The molecule has 1 aromatic carbocycles. The molecule has 28 heavy (non-hydrogen) atoms. The van der Waals surface area contributed by atoms with Crippen molar-refractivity contribution < 1.29 is 29.0 Å². The molecule has 0 aliphatic rings. The first-order valence-corrected chi connectivity index (χ1v) is 9.27. The van der Waals surface area contributed by atoms with Gasteiger partial charge in [0.1, 0.15) is 6.04 Å². The van der Waals surface area contributed by atoms with Gasteiger partial charge >= 0.3 is 11.9 Å². The molecule has 0 aromatic heterocycles. The second-order valence-corrected chi connectivity index (χ2v) is 6.55. The van der Waals surface area contributed by atoms with E-state index in [2.05, 4.69) is 10.6 Å². The van der Waals surface area contributed by atoms with Crippen molar-refractivity contribution in [2.75, 3.05) is 6.61 Å². The van der Waals surface area contributed by atoms with Gasteiger partial charge in [0.05, 0.1) is 18.6 Å². The van der Waals surface area contributed by atoms with Crippen molar-refractivity contribution in [2.45, 2.75) is 52.1 Å². The predicted molar refractivity (Wildman–Crippen MR) is 102 cm³/mol. The average Bonchev–Trinajstić information content (AvgIpc) is 2.66. The number of hydrogen-bond acceptors (Lipinski definition) is 5. The molecular weight excluding hydrogens is 364 g/mol. The van der Waals surface area contributed by atoms with E-state index in [1.54, 1.807) is 13.8 Å². The lowest BCUT2D eigenvalue weighted by atomic mass is 10.0. The number of benzene rings is 1. The van der Waals surface area contributed by atoms with Crippen LogP contribution in [0.1, 0.15) is 51.6 Å². The summed E-state index contributed by atoms with van der Waals surface area (Å²) in [6, 6.07) is 7.97. The van der Waals surface area contributed by atoms with Crippen LogP contribution < -0.4 is 10.6 Å². The monoisotopic (exact) mass is 392 g/mol. The number of carbonyl (C=O) groups excluding carboxylic acids is 3. The van der Waals surface area contributed by atoms with Crippen LogP contribution in [-0.4, -0.2) is 41.5 Å². The van der Waals surface area contributed by atoms with Gasteiger partial charge in [0.15, 0.2) is 0 Å². The molecule has 3 N–H and O–H groups in total. The van der Waals surface area contributed by atoms with Crippen LogP contribution >= 0.6 is 0 Å². The Kier molecular flexibility index (Phi) is 9.70. The van der Waals surface area contributed by atoms with Crippen LogP contribution in [0.3, 0.4) is 0 Å². The Morgan fingerprint density at radius 3 is 2.11 bits per heavy atom. The molecule has 8 heteroatoms. The van der Waals surface area contributed by atoms with Crippen LogP contribution in [0, 0.1) is 5.92 Å². The third-order valence-electron chi connectivity index (χ3n) is 4.17. The number of nitrogens with one attached hydrogen (secondary N) is 2. The van der Waals surface area contributed by atoms with E-state index in [0.29, 0.717) is 0 Å². The van der Waals surface area contributed by atoms with E-state index in [1.807, 2.05) is 37.3 Å². The van der Waals surface area contributed by atoms with Gasteiger partial charge in [-0.05, 0) is 25.8 Å². The first kappa shape index (κ1) is 23.1. The number of carboxylic acids is 1. The Bertz CT molecular complexity index is 677. The maximum Gasteiger partial charge on any atom is 0.326 e. The topological polar surface area (TPSA) is 122 Å². The highest BCUT2D eigenvalue weighted by atomic mass is 16.5. The Morgan fingerprint density at radius 1 is 1.00 bits per heavy atom. The number of hydrogen-bond donors (Lipinski definition) is 3. The summed E-state index contributed by atoms with van der Waals surface area (Å²) in [6.07, 6.45) is -0.301. The van der Waals surface area contributed by atoms with E-state index < -0.39 is 29.8 Å². The molecule has 0 fully saturated rings. The molecule has 0 aliphatic carbocycles. The maximum atomic E-state index is 12.0. The van der Waals surface area contributed by atoms with E-state index in [9.17, 15) is 24.3 Å². The van der Waals surface area contributed by atoms with Gasteiger partial charge in [0.25, 0.3) is 0 Å². The fourth-order valence-corrected chi connectivity index (χ4v) is 2.59. The molecule has 3 atom stereocenters. The highest BCUT2D eigenvalue weighted by Gasteiger charge is 2.26. The highest BCUT2D eigenvalue weighted by Crippen LogP contribution is 2.12. The van der Waals surface area contributed by atoms with Crippen LogP contribution in [0.4, 0.5) is 0 Å². The molecule has 1 aromatic rings. The van der Waals surface area contributed by atoms with Crippen molar-refractivity contribution in [1.82, 2.24) is 10.6 Å². The third kappa shape index (κ3) is 8.20. The van der Waals surface area contributed by atoms with Gasteiger partial charge in [-0.2, -0.15) is 0 Å². The summed E-state index contributed by atoms with van der Waals surface area (Å²) in [6.45, 7) is 5.23. The SMILES string of the molecule is CCOC(=O)[C@@H](C)C[C@@H](NC(=O)CCC(=O)N[C@H](C)c1ccccc1)C(=O)O. The second-order valence-electron chi connectivity index (χ2n) is 6.55. The number of aliphatic carboxylic acids is 1. The normalized spacial score (nSPS) is 13.7. The molecule has 2 amide bonds. The predicted octanol–water partition coefficient (Wildman–Crippen LogP) is 1.80. The minimum absolute atomic E-state index is 0.0667. The minimum atomic E-state index is -1.24. The van der Waals surface area contributed by atoms with Crippen molar-refractivity contribution >= 4 is 23.8 Å². The Labute approximate surface area is 164 Å². The fraction of sp³-hybridized carbons (Fsp3) is 0.500. The van der Waals surface area contributed by atoms with E-state index in [4.69, 9.17) is 4.74 Å². The van der Waals surface area contributed by atoms with Crippen molar-refractivity contribution in [3.63, 3.8) is 0 Å². The minimum Gasteiger partial charge on any atom is -0.480 e. The molecule has 0 aliphatic heterocycles. The van der Waals surface area contributed by atoms with Gasteiger partial charge in [0, 0.05) is 12.8 Å². The van der Waals surface area contributed by atoms with Crippen LogP contribution in [-0.2, 0) is 23.9 Å². The number of esters is 1. The smallest absolute Gasteiger partial charge is 0.326 e. The summed E-state index contributed by atoms with van der Waals surface area (Å²) in [4.78, 5) is 47.0. The average molecular weight is 392 g/mol. The van der Waals surface area contributed by atoms with E-state index in [0.717, 1.165) is 5.56 Å². The highest BCUT2D eigenvalue weighted by molar-refractivity contribution is 5.87. The number of carbonyl (C=O) groups is 4. The Hall–Kier alpha value is -2.90. The summed E-state index contributed by atoms with van der Waals surface area (Å²) in [5.74, 6) is -3.30. The first-order chi connectivity index (χ1) is 13.2. The van der Waals surface area contributed by atoms with E-state index in [-0.39, 0.29) is 37.8 Å². The lowest BCUT2D eigenvalue weighted by Crippen LogP contribution is -2.43. The lowest BCUT2D eigenvalue weighted by molar-refractivity contribution is -0.149. The van der Waals surface area contributed by atoms with E-state index >= 15 is 0 Å². The molecule has 0 radical (unpaired) electrons. The Morgan fingerprint density at radius 2 is 1.57 bits per heavy atom. The molecule has 1 rings (SSSR count). The maximum absolute atomic E-state index is 12.0. The number of amides is 2. The molecule has 0 spiro atoms. The van der Waals surface area contributed by atoms with E-state index in [1.165, 1.54) is 0 Å². The molecule has 8 nitrogen and oxygen atoms in total.